The molecule has 1 fully saturated rings. The van der Waals surface area contributed by atoms with E-state index < -0.39 is 58.0 Å². The molecule has 2 aromatic rings. The number of Topliss-reactive ketones (excluding diaryl/α,β-unsaturated/α-hetero) is 2. The Hall–Kier alpha value is -4.35. The number of benzene rings is 2. The quantitative estimate of drug-likeness (QED) is 0.361. The van der Waals surface area contributed by atoms with E-state index in [1.807, 2.05) is 6.07 Å². The van der Waals surface area contributed by atoms with Crippen molar-refractivity contribution in [3.05, 3.63) is 58.4 Å². The molecule has 6 N–H and O–H groups in total. The van der Waals surface area contributed by atoms with Crippen molar-refractivity contribution in [2.75, 3.05) is 20.9 Å². The third kappa shape index (κ3) is 3.26. The number of ether oxygens (including phenoxy) is 2. The number of aliphatic hydroxyl groups excluding tert-OH is 2. The zero-order chi connectivity index (χ0) is 28.0. The van der Waals surface area contributed by atoms with E-state index in [2.05, 4.69) is 0 Å². The Morgan fingerprint density at radius 2 is 1.79 bits per heavy atom. The summed E-state index contributed by atoms with van der Waals surface area (Å²) < 4.78 is 10.9. The first-order valence-electron chi connectivity index (χ1n) is 12.4. The summed E-state index contributed by atoms with van der Waals surface area (Å²) in [5, 5.41) is 44.8. The van der Waals surface area contributed by atoms with Crippen molar-refractivity contribution in [1.29, 1.82) is 0 Å². The van der Waals surface area contributed by atoms with Gasteiger partial charge in [0.15, 0.2) is 22.9 Å². The number of likely N-dealkylation sites (N-methyl/N-ethyl adjacent to an activating group) is 1. The van der Waals surface area contributed by atoms with E-state index >= 15 is 0 Å². The average molecular weight is 535 g/mol. The van der Waals surface area contributed by atoms with Crippen LogP contribution in [0.3, 0.4) is 0 Å². The van der Waals surface area contributed by atoms with Gasteiger partial charge in [0.1, 0.15) is 22.8 Å². The molecule has 0 saturated heterocycles. The molecule has 0 unspecified atom stereocenters. The van der Waals surface area contributed by atoms with Gasteiger partial charge in [-0.25, -0.2) is 0 Å². The molecule has 0 radical (unpaired) electrons. The second kappa shape index (κ2) is 8.32. The highest BCUT2D eigenvalue weighted by Gasteiger charge is 2.64. The maximum atomic E-state index is 13.9. The number of nitrogens with two attached hydrogens (primary N) is 1. The minimum atomic E-state index is -2.67. The van der Waals surface area contributed by atoms with Crippen molar-refractivity contribution < 1.29 is 44.3 Å². The van der Waals surface area contributed by atoms with Gasteiger partial charge >= 0.3 is 0 Å². The third-order valence-corrected chi connectivity index (χ3v) is 8.29. The summed E-state index contributed by atoms with van der Waals surface area (Å²) >= 11 is 0. The van der Waals surface area contributed by atoms with Gasteiger partial charge in [0.25, 0.3) is 5.91 Å². The van der Waals surface area contributed by atoms with Crippen LogP contribution in [0, 0.1) is 11.8 Å². The second-order valence-electron chi connectivity index (χ2n) is 10.5. The lowest BCUT2D eigenvalue weighted by Gasteiger charge is -2.50. The fourth-order valence-electron chi connectivity index (χ4n) is 6.58. The van der Waals surface area contributed by atoms with Gasteiger partial charge in [0, 0.05) is 11.5 Å². The van der Waals surface area contributed by atoms with Crippen LogP contribution in [0.5, 0.6) is 17.2 Å². The molecule has 202 valence electrons. The van der Waals surface area contributed by atoms with Crippen LogP contribution in [0.2, 0.25) is 0 Å². The van der Waals surface area contributed by atoms with Gasteiger partial charge in [-0.3, -0.25) is 19.3 Å². The predicted octanol–water partition coefficient (Wildman–Crippen LogP) is 1.36. The molecule has 11 nitrogen and oxygen atoms in total. The van der Waals surface area contributed by atoms with Crippen molar-refractivity contribution in [3.8, 4) is 28.4 Å². The summed E-state index contributed by atoms with van der Waals surface area (Å²) in [5.74, 6) is -5.70. The number of primary amides is 1. The first kappa shape index (κ1) is 25.0. The van der Waals surface area contributed by atoms with E-state index in [0.717, 1.165) is 5.56 Å². The molecule has 0 bridgehead atoms. The van der Waals surface area contributed by atoms with Crippen LogP contribution in [-0.2, 0) is 20.8 Å². The van der Waals surface area contributed by atoms with Crippen molar-refractivity contribution >= 4 is 23.2 Å². The number of phenols is 1. The van der Waals surface area contributed by atoms with Crippen LogP contribution in [-0.4, -0.2) is 75.3 Å². The Labute approximate surface area is 222 Å². The summed E-state index contributed by atoms with van der Waals surface area (Å²) in [4.78, 5) is 40.7. The maximum absolute atomic E-state index is 13.9. The molecule has 1 saturated carbocycles. The number of aliphatic hydroxyl groups is 3. The molecule has 2 aromatic carbocycles. The Morgan fingerprint density at radius 3 is 2.49 bits per heavy atom. The minimum Gasteiger partial charge on any atom is -0.508 e. The van der Waals surface area contributed by atoms with Gasteiger partial charge in [-0.05, 0) is 67.7 Å². The standard InChI is InChI=1S/C28H26N2O9/c1-30(2)22-15-8-12-7-14-13(11-3-6-17-18(9-11)39-10-38-17)4-5-16(31)20(14)23(32)19(12)25(34)28(15,37)26(35)21(24(22)33)27(29)36/h3-6,9,12,15,22,31-32,35,37H,7-8,10H2,1-2H3,(H2,29,36)/t12-,15-,22-,28-/m0/s1. The molecule has 4 aliphatic rings. The first-order chi connectivity index (χ1) is 18.5. The average Bonchev–Trinajstić information content (AvgIpc) is 3.34. The van der Waals surface area contributed by atoms with Gasteiger partial charge in [0.05, 0.1) is 11.6 Å². The number of rotatable bonds is 3. The Morgan fingerprint density at radius 1 is 1.08 bits per heavy atom. The number of carbonyl (C=O) groups is 3. The van der Waals surface area contributed by atoms with Crippen molar-refractivity contribution in [2.45, 2.75) is 24.5 Å². The van der Waals surface area contributed by atoms with Crippen LogP contribution >= 0.6 is 0 Å². The largest absolute Gasteiger partial charge is 0.508 e. The van der Waals surface area contributed by atoms with Crippen molar-refractivity contribution in [3.63, 3.8) is 0 Å². The lowest BCUT2D eigenvalue weighted by molar-refractivity contribution is -0.153. The smallest absolute Gasteiger partial charge is 0.255 e. The van der Waals surface area contributed by atoms with E-state index in [9.17, 15) is 34.8 Å². The Bertz CT molecular complexity index is 1560. The zero-order valence-corrected chi connectivity index (χ0v) is 21.1. The zero-order valence-electron chi connectivity index (χ0n) is 21.1. The molecule has 6 rings (SSSR count). The van der Waals surface area contributed by atoms with Crippen LogP contribution in [0.15, 0.2) is 47.2 Å². The molecule has 11 heteroatoms. The molecule has 0 spiro atoms. The summed E-state index contributed by atoms with van der Waals surface area (Å²) in [6.07, 6.45) is 0.203. The minimum absolute atomic E-state index is 0.0159. The summed E-state index contributed by atoms with van der Waals surface area (Å²) in [6.45, 7) is 0.0956. The fourth-order valence-corrected chi connectivity index (χ4v) is 6.58. The summed E-state index contributed by atoms with van der Waals surface area (Å²) in [7, 11) is 3.12. The molecule has 39 heavy (non-hydrogen) atoms. The fraction of sp³-hybridized carbons (Fsp3) is 0.321. The van der Waals surface area contributed by atoms with Gasteiger partial charge < -0.3 is 35.6 Å². The molecule has 1 heterocycles. The number of aromatic hydroxyl groups is 1. The number of carbonyl (C=O) groups excluding carboxylic acids is 3. The molecular weight excluding hydrogens is 508 g/mol. The predicted molar refractivity (Wildman–Crippen MR) is 136 cm³/mol. The van der Waals surface area contributed by atoms with Gasteiger partial charge in [0.2, 0.25) is 12.6 Å². The molecular formula is C28H26N2O9. The van der Waals surface area contributed by atoms with E-state index in [1.165, 1.54) is 11.0 Å². The second-order valence-corrected chi connectivity index (χ2v) is 10.5. The lowest BCUT2D eigenvalue weighted by Crippen LogP contribution is -2.65. The monoisotopic (exact) mass is 534 g/mol. The van der Waals surface area contributed by atoms with Crippen molar-refractivity contribution in [1.82, 2.24) is 4.90 Å². The highest BCUT2D eigenvalue weighted by molar-refractivity contribution is 6.24. The summed E-state index contributed by atoms with van der Waals surface area (Å²) in [6, 6.07) is 7.31. The molecule has 1 aliphatic heterocycles. The van der Waals surface area contributed by atoms with E-state index in [-0.39, 0.29) is 36.5 Å². The first-order valence-corrected chi connectivity index (χ1v) is 12.4. The Kier molecular flexibility index (Phi) is 5.33. The molecule has 0 aromatic heterocycles. The van der Waals surface area contributed by atoms with Gasteiger partial charge in [-0.15, -0.1) is 0 Å². The normalized spacial score (nSPS) is 27.4. The topological polar surface area (TPSA) is 180 Å². The SMILES string of the molecule is CN(C)[C@@H]1C(=O)C(C(N)=O)=C(O)[C@@]2(O)C(=O)C3=C(O)c4c(O)ccc(-c5ccc6c(c5)OCO6)c4C[C@H]3C[C@@H]12. The number of ketones is 2. The highest BCUT2D eigenvalue weighted by Crippen LogP contribution is 2.54. The van der Waals surface area contributed by atoms with Gasteiger partial charge in [-0.1, -0.05) is 12.1 Å². The molecule has 3 aliphatic carbocycles. The van der Waals surface area contributed by atoms with E-state index in [0.29, 0.717) is 22.6 Å². The number of phenolic OH excluding ortho intramolecular Hbond substituents is 1. The van der Waals surface area contributed by atoms with E-state index in [1.54, 1.807) is 32.3 Å². The number of amides is 1. The highest BCUT2D eigenvalue weighted by atomic mass is 16.7. The number of fused-ring (bicyclic) bond motifs is 4. The van der Waals surface area contributed by atoms with Gasteiger partial charge in [-0.2, -0.15) is 0 Å². The van der Waals surface area contributed by atoms with Crippen molar-refractivity contribution in [2.24, 2.45) is 17.6 Å². The van der Waals surface area contributed by atoms with Crippen LogP contribution in [0.25, 0.3) is 16.9 Å². The third-order valence-electron chi connectivity index (χ3n) is 8.29. The van der Waals surface area contributed by atoms with Crippen LogP contribution in [0.1, 0.15) is 17.5 Å². The summed E-state index contributed by atoms with van der Waals surface area (Å²) in [5.41, 5.74) is 3.66. The maximum Gasteiger partial charge on any atom is 0.255 e. The van der Waals surface area contributed by atoms with Crippen LogP contribution in [0.4, 0.5) is 0 Å². The number of hydrogen-bond acceptors (Lipinski definition) is 10. The molecule has 1 amide bonds. The van der Waals surface area contributed by atoms with E-state index in [4.69, 9.17) is 15.2 Å². The number of nitrogens with zero attached hydrogens (tertiary/aromatic N) is 1. The number of hydrogen-bond donors (Lipinski definition) is 5. The Balaban J connectivity index is 1.54. The lowest BCUT2D eigenvalue weighted by atomic mass is 9.57. The molecule has 4 atom stereocenters. The van der Waals surface area contributed by atoms with Crippen LogP contribution < -0.4 is 15.2 Å².